The molecule has 4 rings (SSSR count). The number of anilines is 1. The van der Waals surface area contributed by atoms with Gasteiger partial charge in [-0.3, -0.25) is 9.11 Å². The molecule has 0 atom stereocenters. The minimum atomic E-state index is -2.85. The molecule has 0 saturated carbocycles. The van der Waals surface area contributed by atoms with E-state index in [1.165, 1.54) is 5.56 Å². The van der Waals surface area contributed by atoms with Gasteiger partial charge in [-0.1, -0.05) is 41.6 Å². The molecule has 0 aliphatic carbocycles. The molecule has 0 amide bonds. The highest BCUT2D eigenvalue weighted by Gasteiger charge is 2.20. The van der Waals surface area contributed by atoms with E-state index in [9.17, 15) is 9.11 Å². The van der Waals surface area contributed by atoms with E-state index < -0.39 is 10.6 Å². The fraction of sp³-hybridized carbons (Fsp3) is 0.208. The van der Waals surface area contributed by atoms with E-state index in [2.05, 4.69) is 20.4 Å². The maximum absolute atomic E-state index is 10.4. The molecule has 9 heteroatoms. The number of nitrogens with two attached hydrogens (primary N) is 1. The van der Waals surface area contributed by atoms with Crippen LogP contribution in [0.25, 0.3) is 34.0 Å². The van der Waals surface area contributed by atoms with E-state index in [0.717, 1.165) is 17.7 Å². The van der Waals surface area contributed by atoms with Crippen molar-refractivity contribution in [3.8, 4) is 34.0 Å². The van der Waals surface area contributed by atoms with Gasteiger partial charge in [-0.05, 0) is 38.6 Å². The van der Waals surface area contributed by atoms with Crippen LogP contribution >= 0.6 is 10.6 Å². The number of hydrogen-bond donors (Lipinski definition) is 4. The van der Waals surface area contributed by atoms with Crippen LogP contribution in [0.3, 0.4) is 0 Å². The first-order valence-electron chi connectivity index (χ1n) is 10.5. The van der Waals surface area contributed by atoms with Crippen molar-refractivity contribution in [2.24, 2.45) is 0 Å². The average molecular weight is 472 g/mol. The fourth-order valence-electron chi connectivity index (χ4n) is 3.34. The van der Waals surface area contributed by atoms with Gasteiger partial charge in [-0.25, -0.2) is 9.97 Å². The molecule has 2 aromatic heterocycles. The van der Waals surface area contributed by atoms with E-state index in [-0.39, 0.29) is 15.3 Å². The third-order valence-electron chi connectivity index (χ3n) is 5.33. The normalized spacial score (nSPS) is 12.3. The van der Waals surface area contributed by atoms with Crippen molar-refractivity contribution >= 4 is 16.4 Å². The van der Waals surface area contributed by atoms with Crippen molar-refractivity contribution in [3.05, 3.63) is 66.4 Å². The average Bonchev–Trinajstić information content (AvgIpc) is 3.30. The summed E-state index contributed by atoms with van der Waals surface area (Å²) in [7, 11) is -0.939. The Morgan fingerprint density at radius 1 is 1.03 bits per heavy atom. The monoisotopic (exact) mass is 471 g/mol. The van der Waals surface area contributed by atoms with Gasteiger partial charge in [0, 0.05) is 33.3 Å². The van der Waals surface area contributed by atoms with E-state index in [1.54, 1.807) is 50.4 Å². The Hall–Kier alpha value is -3.24. The molecule has 2 aromatic carbocycles. The van der Waals surface area contributed by atoms with Gasteiger partial charge in [-0.2, -0.15) is 10.6 Å². The van der Waals surface area contributed by atoms with Crippen molar-refractivity contribution in [2.75, 3.05) is 12.8 Å². The lowest BCUT2D eigenvalue weighted by Gasteiger charge is -2.36. The minimum absolute atomic E-state index is 0. The molecule has 8 nitrogen and oxygen atoms in total. The lowest BCUT2D eigenvalue weighted by atomic mass is 10.1. The Morgan fingerprint density at radius 3 is 2.30 bits per heavy atom. The molecular weight excluding hydrogens is 438 g/mol. The van der Waals surface area contributed by atoms with Crippen LogP contribution in [0.2, 0.25) is 0 Å². The molecule has 0 spiro atoms. The number of benzene rings is 2. The summed E-state index contributed by atoms with van der Waals surface area (Å²) in [5.41, 5.74) is 10.6. The number of aromatic nitrogens is 3. The van der Waals surface area contributed by atoms with Gasteiger partial charge in [0.2, 0.25) is 0 Å². The molecule has 178 valence electrons. The Labute approximate surface area is 198 Å². The van der Waals surface area contributed by atoms with E-state index in [1.807, 2.05) is 31.3 Å². The molecule has 2 heterocycles. The summed E-state index contributed by atoms with van der Waals surface area (Å²) in [4.78, 5) is 9.40. The Balaban J connectivity index is 0.00000216. The van der Waals surface area contributed by atoms with Gasteiger partial charge in [0.05, 0.1) is 16.8 Å². The van der Waals surface area contributed by atoms with E-state index in [4.69, 9.17) is 10.3 Å². The first kappa shape index (κ1) is 22.9. The third-order valence-corrected chi connectivity index (χ3v) is 7.61. The zero-order chi connectivity index (χ0) is 23.6. The summed E-state index contributed by atoms with van der Waals surface area (Å²) in [6.45, 7) is 4.35. The highest BCUT2D eigenvalue weighted by Crippen LogP contribution is 2.52. The van der Waals surface area contributed by atoms with E-state index in [0.29, 0.717) is 27.7 Å². The molecule has 0 aliphatic rings. The highest BCUT2D eigenvalue weighted by atomic mass is 32.3. The maximum atomic E-state index is 10.4. The zero-order valence-electron chi connectivity index (χ0n) is 18.7. The van der Waals surface area contributed by atoms with Crippen LogP contribution in [-0.4, -0.2) is 36.5 Å². The SMILES string of the molecule is CNCc1ccc(-c2cc(-c3nc(-c4ccc(S(O)(O)C(C)C)cc4)cnc3N)on2)cc1.[HH].[HH].[HH]. The van der Waals surface area contributed by atoms with Crippen molar-refractivity contribution in [1.82, 2.24) is 20.4 Å². The summed E-state index contributed by atoms with van der Waals surface area (Å²) >= 11 is 0. The van der Waals surface area contributed by atoms with Crippen LogP contribution in [0.1, 0.15) is 23.7 Å². The summed E-state index contributed by atoms with van der Waals surface area (Å²) in [6, 6.07) is 16.8. The molecule has 0 radical (unpaired) electrons. The van der Waals surface area contributed by atoms with Crippen molar-refractivity contribution in [1.29, 1.82) is 0 Å². The van der Waals surface area contributed by atoms with Crippen LogP contribution in [0, 0.1) is 0 Å². The molecule has 33 heavy (non-hydrogen) atoms. The molecule has 0 saturated heterocycles. The summed E-state index contributed by atoms with van der Waals surface area (Å²) < 4.78 is 26.3. The van der Waals surface area contributed by atoms with E-state index >= 15 is 0 Å². The summed E-state index contributed by atoms with van der Waals surface area (Å²) in [6.07, 6.45) is 1.58. The molecular formula is C24H33N5O3S. The smallest absolute Gasteiger partial charge is 0.189 e. The summed E-state index contributed by atoms with van der Waals surface area (Å²) in [5.74, 6) is 0.651. The third kappa shape index (κ3) is 4.76. The van der Waals surface area contributed by atoms with Gasteiger partial charge in [0.1, 0.15) is 5.69 Å². The highest BCUT2D eigenvalue weighted by molar-refractivity contribution is 8.24. The number of nitrogen functional groups attached to an aromatic ring is 1. The number of nitrogens with zero attached hydrogens (tertiary/aromatic N) is 3. The quantitative estimate of drug-likeness (QED) is 0.257. The van der Waals surface area contributed by atoms with Crippen molar-refractivity contribution in [3.63, 3.8) is 0 Å². The van der Waals surface area contributed by atoms with Gasteiger partial charge in [-0.15, -0.1) is 0 Å². The van der Waals surface area contributed by atoms with Crippen molar-refractivity contribution < 1.29 is 17.9 Å². The predicted octanol–water partition coefficient (Wildman–Crippen LogP) is 6.02. The molecule has 0 aliphatic heterocycles. The lowest BCUT2D eigenvalue weighted by Crippen LogP contribution is -2.10. The molecule has 0 fully saturated rings. The topological polar surface area (TPSA) is 130 Å². The molecule has 0 bridgehead atoms. The number of nitrogens with one attached hydrogen (secondary N) is 1. The summed E-state index contributed by atoms with van der Waals surface area (Å²) in [5, 5.41) is 7.02. The Morgan fingerprint density at radius 2 is 1.67 bits per heavy atom. The van der Waals surface area contributed by atoms with Gasteiger partial charge in [0.15, 0.2) is 17.3 Å². The maximum Gasteiger partial charge on any atom is 0.189 e. The number of hydrogen-bond acceptors (Lipinski definition) is 8. The molecule has 4 aromatic rings. The predicted molar refractivity (Wildman–Crippen MR) is 138 cm³/mol. The second kappa shape index (κ2) is 9.32. The Bertz CT molecular complexity index is 1250. The van der Waals surface area contributed by atoms with Gasteiger partial charge in [0.25, 0.3) is 0 Å². The van der Waals surface area contributed by atoms with Crippen LogP contribution in [-0.2, 0) is 6.54 Å². The largest absolute Gasteiger partial charge is 0.382 e. The van der Waals surface area contributed by atoms with Gasteiger partial charge < -0.3 is 15.6 Å². The fourth-order valence-corrected chi connectivity index (χ4v) is 4.42. The first-order chi connectivity index (χ1) is 15.8. The van der Waals surface area contributed by atoms with Crippen LogP contribution in [0.4, 0.5) is 5.82 Å². The van der Waals surface area contributed by atoms with Crippen LogP contribution in [0.5, 0.6) is 0 Å². The standard InChI is InChI=1S/C24H27N5O3S.3H2/c1-15(2)33(30,31)19-10-8-18(9-11-19)21-14-27-24(25)23(28-21)22-12-20(29-32-22)17-6-4-16(5-7-17)13-26-3;;;/h4-12,14-15,26,30-31H,13H2,1-3H3,(H2,25,27);3*1H. The van der Waals surface area contributed by atoms with Gasteiger partial charge >= 0.3 is 0 Å². The van der Waals surface area contributed by atoms with Crippen LogP contribution < -0.4 is 11.1 Å². The second-order valence-electron chi connectivity index (χ2n) is 7.96. The molecule has 0 unspecified atom stereocenters. The number of rotatable bonds is 7. The molecule has 5 N–H and O–H groups in total. The Kier molecular flexibility index (Phi) is 6.48. The first-order valence-corrected chi connectivity index (χ1v) is 12.1. The minimum Gasteiger partial charge on any atom is -0.382 e. The van der Waals surface area contributed by atoms with Crippen molar-refractivity contribution in [2.45, 2.75) is 30.5 Å². The van der Waals surface area contributed by atoms with Crippen LogP contribution in [0.15, 0.2) is 70.2 Å². The lowest BCUT2D eigenvalue weighted by molar-refractivity contribution is 0.434. The zero-order valence-corrected chi connectivity index (χ0v) is 19.5. The second-order valence-corrected chi connectivity index (χ2v) is 10.6.